The third-order valence-electron chi connectivity index (χ3n) is 3.66. The molecule has 0 aliphatic heterocycles. The summed E-state index contributed by atoms with van der Waals surface area (Å²) in [5.74, 6) is 0.708. The number of hydrogen-bond acceptors (Lipinski definition) is 5. The lowest BCUT2D eigenvalue weighted by molar-refractivity contribution is -0.118. The normalized spacial score (nSPS) is 18.6. The van der Waals surface area contributed by atoms with Gasteiger partial charge in [0.15, 0.2) is 0 Å². The van der Waals surface area contributed by atoms with E-state index in [-0.39, 0.29) is 11.3 Å². The minimum atomic E-state index is 0.00205. The van der Waals surface area contributed by atoms with Crippen molar-refractivity contribution in [3.8, 4) is 0 Å². The van der Waals surface area contributed by atoms with Crippen molar-refractivity contribution in [2.24, 2.45) is 11.1 Å². The largest absolute Gasteiger partial charge is 0.330 e. The number of carbonyl (C=O) groups excluding carboxylic acids is 1. The van der Waals surface area contributed by atoms with Crippen molar-refractivity contribution in [2.75, 3.05) is 11.9 Å². The van der Waals surface area contributed by atoms with Gasteiger partial charge < -0.3 is 11.1 Å². The van der Waals surface area contributed by atoms with Crippen LogP contribution in [0, 0.1) is 12.3 Å². The van der Waals surface area contributed by atoms with E-state index in [0.29, 0.717) is 23.9 Å². The summed E-state index contributed by atoms with van der Waals surface area (Å²) in [4.78, 5) is 16.2. The maximum Gasteiger partial charge on any atom is 0.226 e. The molecule has 5 nitrogen and oxygen atoms in total. The van der Waals surface area contributed by atoms with E-state index in [1.807, 2.05) is 6.92 Å². The van der Waals surface area contributed by atoms with Gasteiger partial charge in [-0.3, -0.25) is 4.79 Å². The molecule has 1 amide bonds. The Hall–Kier alpha value is -1.01. The smallest absolute Gasteiger partial charge is 0.226 e. The molecule has 1 aromatic heterocycles. The fraction of sp³-hybridized carbons (Fsp3) is 0.750. The first kappa shape index (κ1) is 13.4. The second-order valence-corrected chi connectivity index (χ2v) is 5.89. The molecular weight excluding hydrogens is 248 g/mol. The van der Waals surface area contributed by atoms with E-state index in [4.69, 9.17) is 5.73 Å². The topological polar surface area (TPSA) is 80.9 Å². The number of aromatic nitrogens is 2. The predicted molar refractivity (Wildman–Crippen MR) is 72.5 cm³/mol. The van der Waals surface area contributed by atoms with Gasteiger partial charge in [-0.15, -0.1) is 0 Å². The zero-order valence-electron chi connectivity index (χ0n) is 10.7. The van der Waals surface area contributed by atoms with E-state index in [1.165, 1.54) is 30.8 Å². The molecule has 1 heterocycles. The van der Waals surface area contributed by atoms with Gasteiger partial charge in [-0.05, 0) is 31.7 Å². The van der Waals surface area contributed by atoms with E-state index < -0.39 is 0 Å². The summed E-state index contributed by atoms with van der Waals surface area (Å²) in [7, 11) is 0. The molecule has 0 spiro atoms. The SMILES string of the molecule is Cc1nsc(NC(=O)CC2(CN)CCCCC2)n1. The van der Waals surface area contributed by atoms with Gasteiger partial charge in [0.05, 0.1) is 0 Å². The number of amides is 1. The van der Waals surface area contributed by atoms with Crippen molar-refractivity contribution < 1.29 is 4.79 Å². The molecule has 1 aliphatic rings. The summed E-state index contributed by atoms with van der Waals surface area (Å²) in [5, 5.41) is 3.40. The van der Waals surface area contributed by atoms with Crippen LogP contribution in [0.15, 0.2) is 0 Å². The zero-order valence-corrected chi connectivity index (χ0v) is 11.6. The van der Waals surface area contributed by atoms with Crippen LogP contribution >= 0.6 is 11.5 Å². The summed E-state index contributed by atoms with van der Waals surface area (Å²) >= 11 is 1.22. The highest BCUT2D eigenvalue weighted by Gasteiger charge is 2.33. The molecular formula is C12H20N4OS. The first-order valence-corrected chi connectivity index (χ1v) is 7.21. The quantitative estimate of drug-likeness (QED) is 0.876. The Bertz CT molecular complexity index is 412. The van der Waals surface area contributed by atoms with Crippen molar-refractivity contribution in [1.29, 1.82) is 0 Å². The summed E-state index contributed by atoms with van der Waals surface area (Å²) in [5.41, 5.74) is 5.88. The zero-order chi connectivity index (χ0) is 13.0. The highest BCUT2D eigenvalue weighted by Crippen LogP contribution is 2.38. The number of hydrogen-bond donors (Lipinski definition) is 2. The average molecular weight is 268 g/mol. The van der Waals surface area contributed by atoms with Crippen LogP contribution in [-0.4, -0.2) is 21.8 Å². The number of anilines is 1. The highest BCUT2D eigenvalue weighted by molar-refractivity contribution is 7.09. The van der Waals surface area contributed by atoms with Crippen LogP contribution in [0.3, 0.4) is 0 Å². The Morgan fingerprint density at radius 1 is 1.44 bits per heavy atom. The third-order valence-corrected chi connectivity index (χ3v) is 4.38. The van der Waals surface area contributed by atoms with Crippen LogP contribution in [0.4, 0.5) is 5.13 Å². The number of rotatable bonds is 4. The molecule has 1 saturated carbocycles. The van der Waals surface area contributed by atoms with Crippen molar-refractivity contribution in [3.05, 3.63) is 5.82 Å². The molecule has 0 aromatic carbocycles. The monoisotopic (exact) mass is 268 g/mol. The molecule has 6 heteroatoms. The minimum Gasteiger partial charge on any atom is -0.330 e. The molecule has 1 fully saturated rings. The number of nitrogens with zero attached hydrogens (tertiary/aromatic N) is 2. The van der Waals surface area contributed by atoms with Crippen molar-refractivity contribution in [2.45, 2.75) is 45.4 Å². The maximum atomic E-state index is 12.0. The molecule has 0 saturated heterocycles. The van der Waals surface area contributed by atoms with Crippen LogP contribution in [-0.2, 0) is 4.79 Å². The highest BCUT2D eigenvalue weighted by atomic mass is 32.1. The molecule has 0 unspecified atom stereocenters. The minimum absolute atomic E-state index is 0.00205. The van der Waals surface area contributed by atoms with E-state index >= 15 is 0 Å². The Balaban J connectivity index is 1.93. The van der Waals surface area contributed by atoms with Gasteiger partial charge in [0.2, 0.25) is 11.0 Å². The summed E-state index contributed by atoms with van der Waals surface area (Å²) in [6.07, 6.45) is 6.25. The Morgan fingerprint density at radius 3 is 2.72 bits per heavy atom. The Kier molecular flexibility index (Phi) is 4.29. The standard InChI is InChI=1S/C12H20N4OS/c1-9-14-11(18-16-9)15-10(17)7-12(8-13)5-3-2-4-6-12/h2-8,13H2,1H3,(H,14,15,16,17). The summed E-state index contributed by atoms with van der Waals surface area (Å²) in [6, 6.07) is 0. The summed E-state index contributed by atoms with van der Waals surface area (Å²) < 4.78 is 4.05. The van der Waals surface area contributed by atoms with E-state index in [9.17, 15) is 4.79 Å². The van der Waals surface area contributed by atoms with Crippen LogP contribution in [0.1, 0.15) is 44.3 Å². The number of nitrogens with one attached hydrogen (secondary N) is 1. The number of nitrogens with two attached hydrogens (primary N) is 1. The molecule has 18 heavy (non-hydrogen) atoms. The fourth-order valence-corrected chi connectivity index (χ4v) is 3.20. The molecule has 3 N–H and O–H groups in total. The second kappa shape index (κ2) is 5.75. The lowest BCUT2D eigenvalue weighted by Gasteiger charge is -2.35. The van der Waals surface area contributed by atoms with Gasteiger partial charge >= 0.3 is 0 Å². The Labute approximate surface area is 111 Å². The molecule has 0 bridgehead atoms. The average Bonchev–Trinajstić information content (AvgIpc) is 2.75. The number of aryl methyl sites for hydroxylation is 1. The fourth-order valence-electron chi connectivity index (χ4n) is 2.61. The molecule has 1 aromatic rings. The van der Waals surface area contributed by atoms with Gasteiger partial charge in [0, 0.05) is 18.0 Å². The first-order valence-electron chi connectivity index (χ1n) is 6.44. The Morgan fingerprint density at radius 2 is 2.17 bits per heavy atom. The van der Waals surface area contributed by atoms with E-state index in [1.54, 1.807) is 0 Å². The van der Waals surface area contributed by atoms with Gasteiger partial charge in [0.25, 0.3) is 0 Å². The molecule has 0 atom stereocenters. The summed E-state index contributed by atoms with van der Waals surface area (Å²) in [6.45, 7) is 2.41. The van der Waals surface area contributed by atoms with Crippen molar-refractivity contribution in [3.63, 3.8) is 0 Å². The number of carbonyl (C=O) groups is 1. The lowest BCUT2D eigenvalue weighted by Crippen LogP contribution is -2.36. The van der Waals surface area contributed by atoms with Gasteiger partial charge in [-0.2, -0.15) is 4.37 Å². The third kappa shape index (κ3) is 3.26. The lowest BCUT2D eigenvalue weighted by atomic mass is 9.72. The van der Waals surface area contributed by atoms with Gasteiger partial charge in [0.1, 0.15) is 5.82 Å². The van der Waals surface area contributed by atoms with Crippen LogP contribution in [0.25, 0.3) is 0 Å². The van der Waals surface area contributed by atoms with E-state index in [2.05, 4.69) is 14.7 Å². The van der Waals surface area contributed by atoms with E-state index in [0.717, 1.165) is 12.8 Å². The van der Waals surface area contributed by atoms with Crippen LogP contribution in [0.5, 0.6) is 0 Å². The second-order valence-electron chi connectivity index (χ2n) is 5.14. The van der Waals surface area contributed by atoms with Crippen LogP contribution < -0.4 is 11.1 Å². The van der Waals surface area contributed by atoms with Crippen molar-refractivity contribution >= 4 is 22.6 Å². The van der Waals surface area contributed by atoms with Gasteiger partial charge in [-0.1, -0.05) is 19.3 Å². The molecule has 2 rings (SSSR count). The molecule has 0 radical (unpaired) electrons. The predicted octanol–water partition coefficient (Wildman–Crippen LogP) is 2.08. The maximum absolute atomic E-state index is 12.0. The first-order chi connectivity index (χ1) is 8.63. The molecule has 100 valence electrons. The van der Waals surface area contributed by atoms with Gasteiger partial charge in [-0.25, -0.2) is 4.98 Å². The van der Waals surface area contributed by atoms with Crippen molar-refractivity contribution in [1.82, 2.24) is 9.36 Å². The molecule has 1 aliphatic carbocycles. The van der Waals surface area contributed by atoms with Crippen LogP contribution in [0.2, 0.25) is 0 Å².